The highest BCUT2D eigenvalue weighted by Crippen LogP contribution is 2.27. The van der Waals surface area contributed by atoms with E-state index in [1.165, 1.54) is 13.2 Å². The van der Waals surface area contributed by atoms with Crippen molar-refractivity contribution >= 4 is 19.7 Å². The zero-order valence-electron chi connectivity index (χ0n) is 9.40. The van der Waals surface area contributed by atoms with Gasteiger partial charge >= 0.3 is 0 Å². The van der Waals surface area contributed by atoms with Crippen LogP contribution in [0.1, 0.15) is 5.56 Å². The van der Waals surface area contributed by atoms with Crippen molar-refractivity contribution in [1.29, 1.82) is 0 Å². The largest absolute Gasteiger partial charge is 0.495 e. The average molecular weight is 264 g/mol. The summed E-state index contributed by atoms with van der Waals surface area (Å²) in [5.41, 5.74) is 0.866. The molecule has 1 rings (SSSR count). The first-order valence-electron chi connectivity index (χ1n) is 4.61. The van der Waals surface area contributed by atoms with Gasteiger partial charge in [0.25, 0.3) is 9.05 Å². The van der Waals surface area contributed by atoms with Gasteiger partial charge in [0.2, 0.25) is 0 Å². The topological polar surface area (TPSA) is 46.6 Å². The maximum atomic E-state index is 11.3. The molecular weight excluding hydrogens is 250 g/mol. The van der Waals surface area contributed by atoms with Gasteiger partial charge in [-0.15, -0.1) is 0 Å². The SMILES string of the molecule is COc1ccc(CN(C)C)cc1S(=O)(=O)Cl. The maximum Gasteiger partial charge on any atom is 0.264 e. The van der Waals surface area contributed by atoms with Crippen molar-refractivity contribution in [2.75, 3.05) is 21.2 Å². The normalized spacial score (nSPS) is 11.8. The molecule has 1 aromatic carbocycles. The molecule has 0 bridgehead atoms. The van der Waals surface area contributed by atoms with Crippen molar-refractivity contribution in [3.05, 3.63) is 23.8 Å². The number of ether oxygens (including phenoxy) is 1. The van der Waals surface area contributed by atoms with E-state index in [2.05, 4.69) is 0 Å². The predicted molar refractivity (Wildman–Crippen MR) is 63.4 cm³/mol. The van der Waals surface area contributed by atoms with Gasteiger partial charge in [-0.2, -0.15) is 0 Å². The van der Waals surface area contributed by atoms with Crippen LogP contribution >= 0.6 is 10.7 Å². The van der Waals surface area contributed by atoms with Crippen molar-refractivity contribution < 1.29 is 13.2 Å². The lowest BCUT2D eigenvalue weighted by molar-refractivity contribution is 0.394. The molecule has 0 aliphatic carbocycles. The molecule has 6 heteroatoms. The first kappa shape index (κ1) is 13.3. The molecule has 0 aliphatic rings. The Hall–Kier alpha value is -0.780. The van der Waals surface area contributed by atoms with Gasteiger partial charge in [-0.1, -0.05) is 6.07 Å². The monoisotopic (exact) mass is 263 g/mol. The molecule has 90 valence electrons. The summed E-state index contributed by atoms with van der Waals surface area (Å²) in [4.78, 5) is 1.95. The Balaban J connectivity index is 3.22. The highest BCUT2D eigenvalue weighted by Gasteiger charge is 2.17. The molecular formula is C10H14ClNO3S. The van der Waals surface area contributed by atoms with Crippen LogP contribution in [-0.4, -0.2) is 34.5 Å². The number of methoxy groups -OCH3 is 1. The van der Waals surface area contributed by atoms with Crippen LogP contribution in [0.15, 0.2) is 23.1 Å². The van der Waals surface area contributed by atoms with Crippen LogP contribution in [0.3, 0.4) is 0 Å². The lowest BCUT2D eigenvalue weighted by atomic mass is 10.2. The summed E-state index contributed by atoms with van der Waals surface area (Å²) in [6.45, 7) is 0.642. The molecule has 0 radical (unpaired) electrons. The van der Waals surface area contributed by atoms with Crippen molar-refractivity contribution in [2.24, 2.45) is 0 Å². The van der Waals surface area contributed by atoms with Crippen LogP contribution < -0.4 is 4.74 Å². The maximum absolute atomic E-state index is 11.3. The highest BCUT2D eigenvalue weighted by atomic mass is 35.7. The number of benzene rings is 1. The Bertz CT molecular complexity index is 471. The van der Waals surface area contributed by atoms with Crippen LogP contribution in [0.5, 0.6) is 5.75 Å². The predicted octanol–water partition coefficient (Wildman–Crippen LogP) is 1.68. The summed E-state index contributed by atoms with van der Waals surface area (Å²) in [6.07, 6.45) is 0. The number of halogens is 1. The van der Waals surface area contributed by atoms with E-state index in [0.717, 1.165) is 5.56 Å². The van der Waals surface area contributed by atoms with Crippen LogP contribution in [0.4, 0.5) is 0 Å². The molecule has 0 heterocycles. The van der Waals surface area contributed by atoms with E-state index in [1.807, 2.05) is 25.1 Å². The fraction of sp³-hybridized carbons (Fsp3) is 0.400. The quantitative estimate of drug-likeness (QED) is 0.776. The fourth-order valence-corrected chi connectivity index (χ4v) is 2.42. The van der Waals surface area contributed by atoms with Gasteiger partial charge in [-0.05, 0) is 31.8 Å². The van der Waals surface area contributed by atoms with Crippen LogP contribution in [-0.2, 0) is 15.6 Å². The van der Waals surface area contributed by atoms with Gasteiger partial charge < -0.3 is 9.64 Å². The van der Waals surface area contributed by atoms with Crippen molar-refractivity contribution in [3.63, 3.8) is 0 Å². The zero-order valence-corrected chi connectivity index (χ0v) is 11.0. The molecule has 0 N–H and O–H groups in total. The summed E-state index contributed by atoms with van der Waals surface area (Å²) in [5.74, 6) is 0.262. The Morgan fingerprint density at radius 2 is 2.00 bits per heavy atom. The summed E-state index contributed by atoms with van der Waals surface area (Å²) in [7, 11) is 6.77. The molecule has 1 aromatic rings. The first-order valence-corrected chi connectivity index (χ1v) is 6.92. The van der Waals surface area contributed by atoms with E-state index in [-0.39, 0.29) is 10.6 Å². The van der Waals surface area contributed by atoms with Gasteiger partial charge in [0.15, 0.2) is 0 Å². The third-order valence-corrected chi connectivity index (χ3v) is 3.33. The van der Waals surface area contributed by atoms with E-state index in [4.69, 9.17) is 15.4 Å². The Morgan fingerprint density at radius 1 is 1.38 bits per heavy atom. The Labute approximate surface area is 100 Å². The van der Waals surface area contributed by atoms with Gasteiger partial charge in [-0.25, -0.2) is 8.42 Å². The molecule has 0 aliphatic heterocycles. The van der Waals surface area contributed by atoms with Gasteiger partial charge in [-0.3, -0.25) is 0 Å². The van der Waals surface area contributed by atoms with E-state index in [0.29, 0.717) is 6.54 Å². The Kier molecular flexibility index (Phi) is 4.18. The van der Waals surface area contributed by atoms with Crippen molar-refractivity contribution in [2.45, 2.75) is 11.4 Å². The minimum atomic E-state index is -3.78. The summed E-state index contributed by atoms with van der Waals surface area (Å²) in [5, 5.41) is 0. The number of hydrogen-bond donors (Lipinski definition) is 0. The molecule has 0 spiro atoms. The summed E-state index contributed by atoms with van der Waals surface area (Å²) >= 11 is 0. The second kappa shape index (κ2) is 5.03. The summed E-state index contributed by atoms with van der Waals surface area (Å²) < 4.78 is 27.6. The van der Waals surface area contributed by atoms with Gasteiger partial charge in [0, 0.05) is 17.2 Å². The molecule has 0 fully saturated rings. The first-order chi connectivity index (χ1) is 7.34. The molecule has 0 aromatic heterocycles. The van der Waals surface area contributed by atoms with E-state index in [1.54, 1.807) is 6.07 Å². The second-order valence-corrected chi connectivity index (χ2v) is 6.20. The van der Waals surface area contributed by atoms with E-state index >= 15 is 0 Å². The van der Waals surface area contributed by atoms with Crippen LogP contribution in [0, 0.1) is 0 Å². The third kappa shape index (κ3) is 3.37. The Morgan fingerprint density at radius 3 is 2.44 bits per heavy atom. The number of nitrogens with zero attached hydrogens (tertiary/aromatic N) is 1. The van der Waals surface area contributed by atoms with E-state index in [9.17, 15) is 8.42 Å². The van der Waals surface area contributed by atoms with Gasteiger partial charge in [0.05, 0.1) is 7.11 Å². The summed E-state index contributed by atoms with van der Waals surface area (Å²) in [6, 6.07) is 4.94. The second-order valence-electron chi connectivity index (χ2n) is 3.66. The highest BCUT2D eigenvalue weighted by molar-refractivity contribution is 8.13. The molecule has 4 nitrogen and oxygen atoms in total. The fourth-order valence-electron chi connectivity index (χ4n) is 1.38. The average Bonchev–Trinajstić information content (AvgIpc) is 2.15. The van der Waals surface area contributed by atoms with Crippen LogP contribution in [0.25, 0.3) is 0 Å². The lowest BCUT2D eigenvalue weighted by Crippen LogP contribution is -2.11. The van der Waals surface area contributed by atoms with Crippen LogP contribution in [0.2, 0.25) is 0 Å². The molecule has 16 heavy (non-hydrogen) atoms. The minimum absolute atomic E-state index is 0.0102. The number of hydrogen-bond acceptors (Lipinski definition) is 4. The number of rotatable bonds is 4. The molecule has 0 saturated heterocycles. The molecule has 0 unspecified atom stereocenters. The van der Waals surface area contributed by atoms with Crippen molar-refractivity contribution in [1.82, 2.24) is 4.90 Å². The molecule has 0 amide bonds. The van der Waals surface area contributed by atoms with Crippen molar-refractivity contribution in [3.8, 4) is 5.75 Å². The minimum Gasteiger partial charge on any atom is -0.495 e. The zero-order chi connectivity index (χ0) is 12.3. The third-order valence-electron chi connectivity index (χ3n) is 1.99. The van der Waals surface area contributed by atoms with E-state index < -0.39 is 9.05 Å². The smallest absolute Gasteiger partial charge is 0.264 e. The van der Waals surface area contributed by atoms with Gasteiger partial charge in [0.1, 0.15) is 10.6 Å². The molecule has 0 saturated carbocycles. The molecule has 0 atom stereocenters. The lowest BCUT2D eigenvalue weighted by Gasteiger charge is -2.12. The standard InChI is InChI=1S/C10H14ClNO3S/c1-12(2)7-8-4-5-9(15-3)10(6-8)16(11,13)14/h4-6H,7H2,1-3H3.